The molecule has 0 atom stereocenters. The van der Waals surface area contributed by atoms with Crippen molar-refractivity contribution in [2.75, 3.05) is 38.5 Å². The number of carbonyl (C=O) groups excluding carboxylic acids is 2. The maximum absolute atomic E-state index is 14.1. The summed E-state index contributed by atoms with van der Waals surface area (Å²) >= 11 is 0. The summed E-state index contributed by atoms with van der Waals surface area (Å²) in [5.74, 6) is -3.05. The van der Waals surface area contributed by atoms with Crippen LogP contribution >= 0.6 is 0 Å². The number of nitrogens with zero attached hydrogens (tertiary/aromatic N) is 4. The molecule has 1 N–H and O–H groups in total. The van der Waals surface area contributed by atoms with Gasteiger partial charge in [-0.05, 0) is 24.6 Å². The molecule has 3 aromatic rings. The Labute approximate surface area is 230 Å². The molecule has 0 bridgehead atoms. The van der Waals surface area contributed by atoms with Crippen LogP contribution in [0.4, 0.5) is 8.78 Å². The van der Waals surface area contributed by atoms with Gasteiger partial charge in [0.25, 0.3) is 11.8 Å². The van der Waals surface area contributed by atoms with Crippen LogP contribution in [-0.2, 0) is 17.8 Å². The van der Waals surface area contributed by atoms with Crippen molar-refractivity contribution in [3.05, 3.63) is 93.2 Å². The zero-order valence-electron chi connectivity index (χ0n) is 22.4. The second-order valence-electron chi connectivity index (χ2n) is 9.20. The van der Waals surface area contributed by atoms with E-state index in [9.17, 15) is 23.2 Å². The minimum Gasteiger partial charge on any atom is -0.487 e. The number of unbranched alkanes of at least 4 members (excludes halogenated alkanes) is 1. The normalized spacial score (nSPS) is 12.8. The van der Waals surface area contributed by atoms with Crippen molar-refractivity contribution in [2.45, 2.75) is 32.9 Å². The lowest BCUT2D eigenvalue weighted by Crippen LogP contribution is -2.55. The van der Waals surface area contributed by atoms with E-state index in [0.29, 0.717) is 18.2 Å². The second kappa shape index (κ2) is 13.2. The summed E-state index contributed by atoms with van der Waals surface area (Å²) in [5.41, 5.74) is -0.325. The van der Waals surface area contributed by atoms with Gasteiger partial charge in [0.05, 0.1) is 25.5 Å². The molecule has 10 nitrogen and oxygen atoms in total. The number of hydrogen-bond acceptors (Lipinski definition) is 7. The molecule has 0 radical (unpaired) electrons. The van der Waals surface area contributed by atoms with E-state index >= 15 is 0 Å². The minimum absolute atomic E-state index is 0.0134. The standard InChI is InChI=1S/C28H31F2N5O5/c1-3-4-12-40-26-24-28(38)33(11-13-39-2)18-34(16-21-7-5-6-10-31-21)35(24)17-22(25(26)36)27(37)32-15-19-8-9-20(29)14-23(19)30/h5-10,14,17H,3-4,11-13,15-16,18H2,1-2H3,(H,32,37). The van der Waals surface area contributed by atoms with Gasteiger partial charge in [-0.2, -0.15) is 0 Å². The number of pyridine rings is 2. The Morgan fingerprint density at radius 3 is 2.67 bits per heavy atom. The Bertz CT molecular complexity index is 1420. The van der Waals surface area contributed by atoms with Gasteiger partial charge in [0, 0.05) is 44.2 Å². The number of carbonyl (C=O) groups is 2. The first kappa shape index (κ1) is 28.7. The van der Waals surface area contributed by atoms with Crippen LogP contribution in [0, 0.1) is 11.6 Å². The SMILES string of the molecule is CCCCOc1c2n(cc(C(=O)NCc3ccc(F)cc3F)c1=O)N(Cc1ccccn1)CN(CCOC)C2=O. The molecule has 1 aliphatic rings. The number of rotatable bonds is 12. The van der Waals surface area contributed by atoms with Crippen LogP contribution in [0.15, 0.2) is 53.6 Å². The Morgan fingerprint density at radius 2 is 1.98 bits per heavy atom. The highest BCUT2D eigenvalue weighted by molar-refractivity contribution is 5.99. The Morgan fingerprint density at radius 1 is 1.15 bits per heavy atom. The highest BCUT2D eigenvalue weighted by Crippen LogP contribution is 2.24. The first-order valence-electron chi connectivity index (χ1n) is 12.9. The largest absolute Gasteiger partial charge is 0.487 e. The summed E-state index contributed by atoms with van der Waals surface area (Å²) in [6, 6.07) is 8.44. The summed E-state index contributed by atoms with van der Waals surface area (Å²) in [7, 11) is 1.53. The Kier molecular flexibility index (Phi) is 9.43. The van der Waals surface area contributed by atoms with E-state index in [4.69, 9.17) is 9.47 Å². The van der Waals surface area contributed by atoms with Crippen LogP contribution in [0.5, 0.6) is 5.75 Å². The number of hydrogen-bond donors (Lipinski definition) is 1. The molecule has 0 aliphatic carbocycles. The van der Waals surface area contributed by atoms with Crippen LogP contribution in [0.3, 0.4) is 0 Å². The van der Waals surface area contributed by atoms with E-state index in [0.717, 1.165) is 12.5 Å². The smallest absolute Gasteiger partial charge is 0.277 e. The van der Waals surface area contributed by atoms with E-state index in [1.165, 1.54) is 28.9 Å². The summed E-state index contributed by atoms with van der Waals surface area (Å²) in [5, 5.41) is 4.28. The zero-order valence-corrected chi connectivity index (χ0v) is 22.4. The average Bonchev–Trinajstić information content (AvgIpc) is 2.94. The van der Waals surface area contributed by atoms with E-state index < -0.39 is 28.9 Å². The molecule has 4 rings (SSSR count). The summed E-state index contributed by atoms with van der Waals surface area (Å²) < 4.78 is 39.9. The number of amides is 2. The number of nitrogens with one attached hydrogen (secondary N) is 1. The third-order valence-corrected chi connectivity index (χ3v) is 6.35. The Balaban J connectivity index is 1.76. The van der Waals surface area contributed by atoms with Gasteiger partial charge in [-0.3, -0.25) is 29.1 Å². The third kappa shape index (κ3) is 6.45. The highest BCUT2D eigenvalue weighted by atomic mass is 19.1. The maximum atomic E-state index is 14.1. The van der Waals surface area contributed by atoms with Crippen molar-refractivity contribution in [3.8, 4) is 5.75 Å². The molecule has 40 heavy (non-hydrogen) atoms. The van der Waals surface area contributed by atoms with Crippen molar-refractivity contribution in [1.82, 2.24) is 19.9 Å². The van der Waals surface area contributed by atoms with Crippen molar-refractivity contribution in [1.29, 1.82) is 0 Å². The summed E-state index contributed by atoms with van der Waals surface area (Å²) in [6.07, 6.45) is 4.34. The zero-order chi connectivity index (χ0) is 28.6. The first-order valence-corrected chi connectivity index (χ1v) is 12.9. The molecule has 2 amide bonds. The van der Waals surface area contributed by atoms with E-state index in [-0.39, 0.29) is 62.1 Å². The van der Waals surface area contributed by atoms with Crippen molar-refractivity contribution < 1.29 is 27.8 Å². The molecule has 0 unspecified atom stereocenters. The number of methoxy groups -OCH3 is 1. The van der Waals surface area contributed by atoms with Gasteiger partial charge in [-0.15, -0.1) is 0 Å². The molecular weight excluding hydrogens is 524 g/mol. The quantitative estimate of drug-likeness (QED) is 0.343. The fraction of sp³-hybridized carbons (Fsp3) is 0.357. The molecule has 12 heteroatoms. The molecule has 0 saturated carbocycles. The molecular formula is C28H31F2N5O5. The first-order chi connectivity index (χ1) is 19.3. The van der Waals surface area contributed by atoms with E-state index in [1.54, 1.807) is 17.3 Å². The van der Waals surface area contributed by atoms with Crippen LogP contribution in [0.25, 0.3) is 0 Å². The third-order valence-electron chi connectivity index (χ3n) is 6.35. The molecule has 3 heterocycles. The van der Waals surface area contributed by atoms with Crippen molar-refractivity contribution >= 4 is 11.8 Å². The number of benzene rings is 1. The molecule has 0 saturated heterocycles. The number of ether oxygens (including phenoxy) is 2. The second-order valence-corrected chi connectivity index (χ2v) is 9.20. The molecule has 2 aromatic heterocycles. The van der Waals surface area contributed by atoms with Gasteiger partial charge < -0.3 is 19.7 Å². The predicted octanol–water partition coefficient (Wildman–Crippen LogP) is 2.83. The topological polar surface area (TPSA) is 106 Å². The lowest BCUT2D eigenvalue weighted by atomic mass is 10.1. The summed E-state index contributed by atoms with van der Waals surface area (Å²) in [4.78, 5) is 46.3. The van der Waals surface area contributed by atoms with Crippen LogP contribution in [0.1, 0.15) is 51.9 Å². The number of fused-ring (bicyclic) bond motifs is 1. The minimum atomic E-state index is -0.825. The maximum Gasteiger partial charge on any atom is 0.277 e. The van der Waals surface area contributed by atoms with Gasteiger partial charge in [0.2, 0.25) is 5.43 Å². The molecule has 1 aromatic carbocycles. The van der Waals surface area contributed by atoms with E-state index in [2.05, 4.69) is 10.3 Å². The summed E-state index contributed by atoms with van der Waals surface area (Å²) in [6.45, 7) is 2.77. The van der Waals surface area contributed by atoms with Crippen molar-refractivity contribution in [2.24, 2.45) is 0 Å². The van der Waals surface area contributed by atoms with Gasteiger partial charge in [0.1, 0.15) is 23.9 Å². The lowest BCUT2D eigenvalue weighted by Gasteiger charge is -2.40. The van der Waals surface area contributed by atoms with Gasteiger partial charge in [0.15, 0.2) is 11.4 Å². The molecule has 0 spiro atoms. The molecule has 0 fully saturated rings. The van der Waals surface area contributed by atoms with Crippen LogP contribution in [0.2, 0.25) is 0 Å². The van der Waals surface area contributed by atoms with E-state index in [1.807, 2.05) is 19.1 Å². The Hall–Kier alpha value is -4.32. The van der Waals surface area contributed by atoms with Gasteiger partial charge >= 0.3 is 0 Å². The number of halogens is 2. The molecule has 212 valence electrons. The van der Waals surface area contributed by atoms with Crippen LogP contribution in [-0.4, -0.2) is 59.9 Å². The molecule has 1 aliphatic heterocycles. The monoisotopic (exact) mass is 555 g/mol. The van der Waals surface area contributed by atoms with Gasteiger partial charge in [-0.25, -0.2) is 8.78 Å². The fourth-order valence-electron chi connectivity index (χ4n) is 4.21. The number of aromatic nitrogens is 2. The lowest BCUT2D eigenvalue weighted by molar-refractivity contribution is 0.0616. The van der Waals surface area contributed by atoms with Crippen LogP contribution < -0.4 is 20.5 Å². The van der Waals surface area contributed by atoms with Crippen molar-refractivity contribution in [3.63, 3.8) is 0 Å². The highest BCUT2D eigenvalue weighted by Gasteiger charge is 2.35. The average molecular weight is 556 g/mol. The predicted molar refractivity (Wildman–Crippen MR) is 143 cm³/mol. The fourth-order valence-corrected chi connectivity index (χ4v) is 4.21. The van der Waals surface area contributed by atoms with Gasteiger partial charge in [-0.1, -0.05) is 25.5 Å².